The zero-order chi connectivity index (χ0) is 11.7. The molecule has 0 saturated heterocycles. The van der Waals surface area contributed by atoms with Crippen LogP contribution in [0.25, 0.3) is 0 Å². The minimum atomic E-state index is 0.104. The molecule has 1 N–H and O–H groups in total. The first-order chi connectivity index (χ1) is 7.65. The SMILES string of the molecule is Cc1c(C(C)CO)cc(Br)c2c1OCCO2. The van der Waals surface area contributed by atoms with Crippen LogP contribution >= 0.6 is 15.9 Å². The fourth-order valence-electron chi connectivity index (χ4n) is 1.93. The summed E-state index contributed by atoms with van der Waals surface area (Å²) in [7, 11) is 0. The van der Waals surface area contributed by atoms with Gasteiger partial charge in [0.15, 0.2) is 11.5 Å². The normalized spacial score (nSPS) is 16.0. The lowest BCUT2D eigenvalue weighted by molar-refractivity contribution is 0.168. The second kappa shape index (κ2) is 4.63. The minimum Gasteiger partial charge on any atom is -0.486 e. The van der Waals surface area contributed by atoms with E-state index in [0.29, 0.717) is 13.2 Å². The van der Waals surface area contributed by atoms with E-state index in [2.05, 4.69) is 15.9 Å². The van der Waals surface area contributed by atoms with Crippen LogP contribution in [0.15, 0.2) is 10.5 Å². The van der Waals surface area contributed by atoms with Crippen LogP contribution in [0.2, 0.25) is 0 Å². The summed E-state index contributed by atoms with van der Waals surface area (Å²) in [5.41, 5.74) is 2.15. The van der Waals surface area contributed by atoms with Crippen LogP contribution in [0, 0.1) is 6.92 Å². The predicted molar refractivity (Wildman–Crippen MR) is 65.4 cm³/mol. The van der Waals surface area contributed by atoms with Gasteiger partial charge in [-0.15, -0.1) is 0 Å². The highest BCUT2D eigenvalue weighted by Crippen LogP contribution is 2.43. The molecule has 88 valence electrons. The van der Waals surface area contributed by atoms with Crippen molar-refractivity contribution < 1.29 is 14.6 Å². The van der Waals surface area contributed by atoms with E-state index >= 15 is 0 Å². The maximum Gasteiger partial charge on any atom is 0.175 e. The van der Waals surface area contributed by atoms with Crippen LogP contribution in [-0.2, 0) is 0 Å². The molecule has 0 fully saturated rings. The van der Waals surface area contributed by atoms with Crippen LogP contribution in [0.4, 0.5) is 0 Å². The molecule has 1 heterocycles. The number of fused-ring (bicyclic) bond motifs is 1. The summed E-state index contributed by atoms with van der Waals surface area (Å²) in [6.45, 7) is 5.29. The van der Waals surface area contributed by atoms with Crippen LogP contribution in [0.3, 0.4) is 0 Å². The number of aliphatic hydroxyl groups excluding tert-OH is 1. The van der Waals surface area contributed by atoms with E-state index in [4.69, 9.17) is 9.47 Å². The third kappa shape index (κ3) is 1.92. The minimum absolute atomic E-state index is 0.104. The van der Waals surface area contributed by atoms with Crippen molar-refractivity contribution in [1.29, 1.82) is 0 Å². The fourth-order valence-corrected chi connectivity index (χ4v) is 2.47. The lowest BCUT2D eigenvalue weighted by Gasteiger charge is -2.24. The van der Waals surface area contributed by atoms with Crippen LogP contribution in [-0.4, -0.2) is 24.9 Å². The summed E-state index contributed by atoms with van der Waals surface area (Å²) in [6, 6.07) is 2.00. The second-order valence-corrected chi connectivity index (χ2v) is 4.87. The molecule has 1 aromatic rings. The molecule has 1 aromatic carbocycles. The Bertz CT molecular complexity index is 404. The number of hydrogen-bond donors (Lipinski definition) is 1. The van der Waals surface area contributed by atoms with Gasteiger partial charge in [0.05, 0.1) is 4.47 Å². The summed E-state index contributed by atoms with van der Waals surface area (Å²) in [5, 5.41) is 9.22. The highest BCUT2D eigenvalue weighted by Gasteiger charge is 2.22. The van der Waals surface area contributed by atoms with Gasteiger partial charge in [-0.2, -0.15) is 0 Å². The molecule has 2 rings (SSSR count). The average molecular weight is 287 g/mol. The average Bonchev–Trinajstić information content (AvgIpc) is 2.33. The molecule has 4 heteroatoms. The number of hydrogen-bond acceptors (Lipinski definition) is 3. The summed E-state index contributed by atoms with van der Waals surface area (Å²) in [5.74, 6) is 1.68. The van der Waals surface area contributed by atoms with E-state index in [9.17, 15) is 5.11 Å². The highest BCUT2D eigenvalue weighted by atomic mass is 79.9. The van der Waals surface area contributed by atoms with Gasteiger partial charge in [-0.3, -0.25) is 0 Å². The Kier molecular flexibility index (Phi) is 3.40. The molecule has 0 bridgehead atoms. The smallest absolute Gasteiger partial charge is 0.175 e. The Morgan fingerprint density at radius 3 is 2.62 bits per heavy atom. The first-order valence-electron chi connectivity index (χ1n) is 5.34. The monoisotopic (exact) mass is 286 g/mol. The van der Waals surface area contributed by atoms with Crippen molar-refractivity contribution in [3.05, 3.63) is 21.7 Å². The van der Waals surface area contributed by atoms with Crippen molar-refractivity contribution in [2.24, 2.45) is 0 Å². The number of benzene rings is 1. The van der Waals surface area contributed by atoms with Crippen molar-refractivity contribution in [2.75, 3.05) is 19.8 Å². The Morgan fingerprint density at radius 1 is 1.38 bits per heavy atom. The van der Waals surface area contributed by atoms with E-state index in [1.807, 2.05) is 19.9 Å². The second-order valence-electron chi connectivity index (χ2n) is 4.01. The molecule has 0 aliphatic carbocycles. The number of rotatable bonds is 2. The molecule has 0 aromatic heterocycles. The zero-order valence-electron chi connectivity index (χ0n) is 9.42. The van der Waals surface area contributed by atoms with Gasteiger partial charge in [-0.1, -0.05) is 6.92 Å². The van der Waals surface area contributed by atoms with Gasteiger partial charge in [0.1, 0.15) is 13.2 Å². The largest absolute Gasteiger partial charge is 0.486 e. The first kappa shape index (κ1) is 11.7. The summed E-state index contributed by atoms with van der Waals surface area (Å²) >= 11 is 3.48. The van der Waals surface area contributed by atoms with E-state index in [1.54, 1.807) is 0 Å². The number of halogens is 1. The van der Waals surface area contributed by atoms with Gasteiger partial charge >= 0.3 is 0 Å². The van der Waals surface area contributed by atoms with Crippen LogP contribution in [0.1, 0.15) is 24.0 Å². The maximum absolute atomic E-state index is 9.22. The van der Waals surface area contributed by atoms with E-state index in [1.165, 1.54) is 0 Å². The lowest BCUT2D eigenvalue weighted by Crippen LogP contribution is -2.17. The van der Waals surface area contributed by atoms with Gasteiger partial charge < -0.3 is 14.6 Å². The van der Waals surface area contributed by atoms with Crippen molar-refractivity contribution >= 4 is 15.9 Å². The van der Waals surface area contributed by atoms with Gasteiger partial charge in [0.2, 0.25) is 0 Å². The molecule has 0 saturated carbocycles. The van der Waals surface area contributed by atoms with Crippen molar-refractivity contribution in [3.63, 3.8) is 0 Å². The molecule has 1 unspecified atom stereocenters. The Morgan fingerprint density at radius 2 is 2.00 bits per heavy atom. The Hall–Kier alpha value is -0.740. The molecule has 0 radical (unpaired) electrons. The van der Waals surface area contributed by atoms with Crippen molar-refractivity contribution in [2.45, 2.75) is 19.8 Å². The summed E-state index contributed by atoms with van der Waals surface area (Å²) in [4.78, 5) is 0. The van der Waals surface area contributed by atoms with Gasteiger partial charge in [-0.25, -0.2) is 0 Å². The first-order valence-corrected chi connectivity index (χ1v) is 6.14. The van der Waals surface area contributed by atoms with E-state index in [-0.39, 0.29) is 12.5 Å². The quantitative estimate of drug-likeness (QED) is 0.908. The van der Waals surface area contributed by atoms with Gasteiger partial charge in [-0.05, 0) is 40.0 Å². The third-order valence-corrected chi connectivity index (χ3v) is 3.45. The van der Waals surface area contributed by atoms with Crippen LogP contribution in [0.5, 0.6) is 11.5 Å². The zero-order valence-corrected chi connectivity index (χ0v) is 11.0. The number of aliphatic hydroxyl groups is 1. The lowest BCUT2D eigenvalue weighted by atomic mass is 9.96. The molecule has 0 amide bonds. The summed E-state index contributed by atoms with van der Waals surface area (Å²) < 4.78 is 12.1. The van der Waals surface area contributed by atoms with Gasteiger partial charge in [0.25, 0.3) is 0 Å². The molecule has 16 heavy (non-hydrogen) atoms. The standard InChI is InChI=1S/C12H15BrO3/c1-7(6-14)9-5-10(13)12-11(8(9)2)15-3-4-16-12/h5,7,14H,3-4,6H2,1-2H3. The van der Waals surface area contributed by atoms with Gasteiger partial charge in [0, 0.05) is 12.5 Å². The molecule has 1 aliphatic rings. The van der Waals surface area contributed by atoms with Crippen LogP contribution < -0.4 is 9.47 Å². The molecule has 3 nitrogen and oxygen atoms in total. The van der Waals surface area contributed by atoms with Crippen molar-refractivity contribution in [3.8, 4) is 11.5 Å². The molecule has 0 spiro atoms. The Balaban J connectivity index is 2.53. The third-order valence-electron chi connectivity index (χ3n) is 2.86. The predicted octanol–water partition coefficient (Wildman–Crippen LogP) is 2.62. The summed E-state index contributed by atoms with van der Waals surface area (Å²) in [6.07, 6.45) is 0. The molecular formula is C12H15BrO3. The molecular weight excluding hydrogens is 272 g/mol. The Labute approximate surface area is 104 Å². The molecule has 1 atom stereocenters. The fraction of sp³-hybridized carbons (Fsp3) is 0.500. The number of ether oxygens (including phenoxy) is 2. The maximum atomic E-state index is 9.22. The van der Waals surface area contributed by atoms with E-state index < -0.39 is 0 Å². The van der Waals surface area contributed by atoms with E-state index in [0.717, 1.165) is 27.1 Å². The highest BCUT2D eigenvalue weighted by molar-refractivity contribution is 9.10. The van der Waals surface area contributed by atoms with Crippen molar-refractivity contribution in [1.82, 2.24) is 0 Å². The molecule has 1 aliphatic heterocycles. The topological polar surface area (TPSA) is 38.7 Å².